The Morgan fingerprint density at radius 3 is 2.40 bits per heavy atom. The van der Waals surface area contributed by atoms with Crippen LogP contribution in [0.4, 0.5) is 17.6 Å². The number of rotatable bonds is 7. The average molecular weight is 293 g/mol. The van der Waals surface area contributed by atoms with Crippen LogP contribution in [0.1, 0.15) is 32.3 Å². The van der Waals surface area contributed by atoms with Gasteiger partial charge in [0.2, 0.25) is 0 Å². The van der Waals surface area contributed by atoms with Crippen LogP contribution < -0.4 is 10.1 Å². The number of hydrogen-bond acceptors (Lipinski definition) is 2. The van der Waals surface area contributed by atoms with Crippen LogP contribution in [-0.4, -0.2) is 19.2 Å². The second-order valence-corrected chi connectivity index (χ2v) is 4.46. The highest BCUT2D eigenvalue weighted by atomic mass is 19.4. The Bertz CT molecular complexity index is 416. The predicted octanol–water partition coefficient (Wildman–Crippen LogP) is 4.00. The predicted molar refractivity (Wildman–Crippen MR) is 69.3 cm³/mol. The third kappa shape index (κ3) is 5.00. The molecule has 6 heteroatoms. The molecule has 0 bridgehead atoms. The van der Waals surface area contributed by atoms with Crippen molar-refractivity contribution >= 4 is 0 Å². The lowest BCUT2D eigenvalue weighted by molar-refractivity contribution is -0.140. The molecule has 0 heterocycles. The van der Waals surface area contributed by atoms with Crippen molar-refractivity contribution < 1.29 is 22.3 Å². The first kappa shape index (κ1) is 16.8. The van der Waals surface area contributed by atoms with Gasteiger partial charge in [-0.3, -0.25) is 0 Å². The number of ether oxygens (including phenoxy) is 1. The van der Waals surface area contributed by atoms with E-state index in [0.717, 1.165) is 18.9 Å². The molecule has 1 N–H and O–H groups in total. The second-order valence-electron chi connectivity index (χ2n) is 4.46. The van der Waals surface area contributed by atoms with E-state index in [-0.39, 0.29) is 12.4 Å². The number of benzene rings is 1. The largest absolute Gasteiger partial charge is 0.492 e. The summed E-state index contributed by atoms with van der Waals surface area (Å²) in [5, 5.41) is 3.22. The normalized spacial score (nSPS) is 11.9. The summed E-state index contributed by atoms with van der Waals surface area (Å²) in [6.45, 7) is 4.87. The quantitative estimate of drug-likeness (QED) is 0.606. The number of nitrogens with one attached hydrogen (secondary N) is 1. The molecule has 2 nitrogen and oxygen atoms in total. The third-order valence-electron chi connectivity index (χ3n) is 3.03. The van der Waals surface area contributed by atoms with E-state index in [1.54, 1.807) is 0 Å². The van der Waals surface area contributed by atoms with Gasteiger partial charge in [0.25, 0.3) is 0 Å². The van der Waals surface area contributed by atoms with Gasteiger partial charge in [-0.1, -0.05) is 13.8 Å². The topological polar surface area (TPSA) is 21.3 Å². The van der Waals surface area contributed by atoms with Gasteiger partial charge < -0.3 is 10.1 Å². The summed E-state index contributed by atoms with van der Waals surface area (Å²) in [4.78, 5) is 0. The zero-order valence-corrected chi connectivity index (χ0v) is 11.6. The highest BCUT2D eigenvalue weighted by Gasteiger charge is 2.34. The minimum atomic E-state index is -4.71. The van der Waals surface area contributed by atoms with Gasteiger partial charge in [-0.2, -0.15) is 13.2 Å². The van der Waals surface area contributed by atoms with Gasteiger partial charge >= 0.3 is 6.18 Å². The van der Waals surface area contributed by atoms with Gasteiger partial charge in [0, 0.05) is 12.6 Å². The minimum Gasteiger partial charge on any atom is -0.492 e. The standard InChI is InChI=1S/C14H19F4NO/c1-3-10(4-2)19-7-8-20-11-5-6-13(15)12(9-11)14(16,17)18/h5-6,9-10,19H,3-4,7-8H2,1-2H3. The highest BCUT2D eigenvalue weighted by molar-refractivity contribution is 5.31. The third-order valence-corrected chi connectivity index (χ3v) is 3.03. The summed E-state index contributed by atoms with van der Waals surface area (Å²) >= 11 is 0. The summed E-state index contributed by atoms with van der Waals surface area (Å²) in [7, 11) is 0. The van der Waals surface area contributed by atoms with Crippen LogP contribution in [0, 0.1) is 5.82 Å². The van der Waals surface area contributed by atoms with Crippen molar-refractivity contribution in [1.29, 1.82) is 0 Å². The molecule has 0 aliphatic heterocycles. The van der Waals surface area contributed by atoms with Crippen LogP contribution in [0.15, 0.2) is 18.2 Å². The first-order valence-corrected chi connectivity index (χ1v) is 6.61. The molecule has 0 fully saturated rings. The lowest BCUT2D eigenvalue weighted by Crippen LogP contribution is -2.31. The van der Waals surface area contributed by atoms with Crippen molar-refractivity contribution in [3.63, 3.8) is 0 Å². The van der Waals surface area contributed by atoms with Crippen LogP contribution in [0.3, 0.4) is 0 Å². The van der Waals surface area contributed by atoms with Crippen LogP contribution in [0.2, 0.25) is 0 Å². The maximum absolute atomic E-state index is 13.1. The van der Waals surface area contributed by atoms with Crippen molar-refractivity contribution in [1.82, 2.24) is 5.32 Å². The molecule has 114 valence electrons. The molecule has 0 aliphatic carbocycles. The Morgan fingerprint density at radius 2 is 1.85 bits per heavy atom. The number of halogens is 4. The van der Waals surface area contributed by atoms with E-state index in [9.17, 15) is 17.6 Å². The minimum absolute atomic E-state index is 0.0186. The van der Waals surface area contributed by atoms with Crippen LogP contribution in [-0.2, 0) is 6.18 Å². The monoisotopic (exact) mass is 293 g/mol. The number of hydrogen-bond donors (Lipinski definition) is 1. The molecule has 0 saturated heterocycles. The summed E-state index contributed by atoms with van der Waals surface area (Å²) < 4.78 is 55.8. The molecule has 0 saturated carbocycles. The van der Waals surface area contributed by atoms with E-state index in [4.69, 9.17) is 4.74 Å². The van der Waals surface area contributed by atoms with E-state index in [1.165, 1.54) is 6.07 Å². The molecule has 0 amide bonds. The van der Waals surface area contributed by atoms with Gasteiger partial charge in [0.05, 0.1) is 5.56 Å². The molecule has 20 heavy (non-hydrogen) atoms. The molecular weight excluding hydrogens is 274 g/mol. The Balaban J connectivity index is 2.53. The van der Waals surface area contributed by atoms with Gasteiger partial charge in [-0.15, -0.1) is 0 Å². The summed E-state index contributed by atoms with van der Waals surface area (Å²) in [6.07, 6.45) is -2.76. The maximum atomic E-state index is 13.1. The fraction of sp³-hybridized carbons (Fsp3) is 0.571. The van der Waals surface area contributed by atoms with E-state index < -0.39 is 17.6 Å². The first-order valence-electron chi connectivity index (χ1n) is 6.61. The van der Waals surface area contributed by atoms with Gasteiger partial charge in [-0.05, 0) is 31.0 Å². The zero-order valence-electron chi connectivity index (χ0n) is 11.6. The molecular formula is C14H19F4NO. The van der Waals surface area contributed by atoms with Crippen LogP contribution in [0.25, 0.3) is 0 Å². The van der Waals surface area contributed by atoms with Gasteiger partial charge in [-0.25, -0.2) is 4.39 Å². The van der Waals surface area contributed by atoms with E-state index in [0.29, 0.717) is 18.7 Å². The van der Waals surface area contributed by atoms with E-state index in [1.807, 2.05) is 0 Å². The van der Waals surface area contributed by atoms with Crippen molar-refractivity contribution in [3.05, 3.63) is 29.6 Å². The molecule has 1 aromatic carbocycles. The Hall–Kier alpha value is -1.30. The van der Waals surface area contributed by atoms with Crippen LogP contribution >= 0.6 is 0 Å². The lowest BCUT2D eigenvalue weighted by Gasteiger charge is -2.15. The Kier molecular flexibility index (Phi) is 6.26. The summed E-state index contributed by atoms with van der Waals surface area (Å²) in [5.74, 6) is -1.27. The molecule has 0 spiro atoms. The van der Waals surface area contributed by atoms with Crippen molar-refractivity contribution in [2.24, 2.45) is 0 Å². The zero-order chi connectivity index (χ0) is 15.2. The van der Waals surface area contributed by atoms with Crippen molar-refractivity contribution in [3.8, 4) is 5.75 Å². The van der Waals surface area contributed by atoms with Crippen molar-refractivity contribution in [2.75, 3.05) is 13.2 Å². The lowest BCUT2D eigenvalue weighted by atomic mass is 10.2. The summed E-state index contributed by atoms with van der Waals surface area (Å²) in [5.41, 5.74) is -1.30. The smallest absolute Gasteiger partial charge is 0.419 e. The highest BCUT2D eigenvalue weighted by Crippen LogP contribution is 2.33. The van der Waals surface area contributed by atoms with Gasteiger partial charge in [0.1, 0.15) is 18.2 Å². The molecule has 0 atom stereocenters. The average Bonchev–Trinajstić information content (AvgIpc) is 2.39. The fourth-order valence-corrected chi connectivity index (χ4v) is 1.82. The van der Waals surface area contributed by atoms with Gasteiger partial charge in [0.15, 0.2) is 0 Å². The molecule has 1 aromatic rings. The second kappa shape index (κ2) is 7.47. The molecule has 0 aliphatic rings. The maximum Gasteiger partial charge on any atom is 0.419 e. The SMILES string of the molecule is CCC(CC)NCCOc1ccc(F)c(C(F)(F)F)c1. The Labute approximate surface area is 116 Å². The number of alkyl halides is 3. The van der Waals surface area contributed by atoms with Crippen molar-refractivity contribution in [2.45, 2.75) is 38.9 Å². The Morgan fingerprint density at radius 1 is 1.20 bits per heavy atom. The molecule has 0 radical (unpaired) electrons. The molecule has 1 rings (SSSR count). The molecule has 0 unspecified atom stereocenters. The summed E-state index contributed by atoms with van der Waals surface area (Å²) in [6, 6.07) is 3.03. The fourth-order valence-electron chi connectivity index (χ4n) is 1.82. The van der Waals surface area contributed by atoms with E-state index >= 15 is 0 Å². The molecule has 0 aromatic heterocycles. The van der Waals surface area contributed by atoms with E-state index in [2.05, 4.69) is 19.2 Å². The van der Waals surface area contributed by atoms with Crippen LogP contribution in [0.5, 0.6) is 5.75 Å². The first-order chi connectivity index (χ1) is 9.38.